The minimum Gasteiger partial charge on any atom is -0.493 e. The van der Waals surface area contributed by atoms with Crippen molar-refractivity contribution in [3.63, 3.8) is 0 Å². The van der Waals surface area contributed by atoms with Gasteiger partial charge in [-0.05, 0) is 30.7 Å². The molecule has 1 heterocycles. The molecule has 0 saturated carbocycles. The van der Waals surface area contributed by atoms with E-state index >= 15 is 0 Å². The first-order valence-electron chi connectivity index (χ1n) is 4.91. The first-order chi connectivity index (χ1) is 7.26. The molecule has 1 saturated heterocycles. The summed E-state index contributed by atoms with van der Waals surface area (Å²) < 4.78 is 11.6. The van der Waals surface area contributed by atoms with Gasteiger partial charge in [0, 0.05) is 10.5 Å². The Labute approximate surface area is 110 Å². The first-order valence-corrected chi connectivity index (χ1v) is 5.70. The molecule has 1 aromatic carbocycles. The Bertz CT molecular complexity index is 369. The van der Waals surface area contributed by atoms with Gasteiger partial charge >= 0.3 is 0 Å². The molecule has 0 radical (unpaired) electrons. The van der Waals surface area contributed by atoms with E-state index in [9.17, 15) is 0 Å². The van der Waals surface area contributed by atoms with Gasteiger partial charge in [-0.1, -0.05) is 15.9 Å². The van der Waals surface area contributed by atoms with Crippen LogP contribution in [0.5, 0.6) is 11.5 Å². The average Bonchev–Trinajstić information content (AvgIpc) is 2.17. The lowest BCUT2D eigenvalue weighted by Crippen LogP contribution is -2.35. The van der Waals surface area contributed by atoms with E-state index in [-0.39, 0.29) is 12.4 Å². The molecule has 16 heavy (non-hydrogen) atoms. The monoisotopic (exact) mass is 307 g/mol. The van der Waals surface area contributed by atoms with Crippen molar-refractivity contribution in [1.82, 2.24) is 5.32 Å². The third-order valence-corrected chi connectivity index (χ3v) is 3.39. The number of methoxy groups -OCH3 is 2. The Morgan fingerprint density at radius 2 is 1.81 bits per heavy atom. The molecule has 0 aliphatic carbocycles. The quantitative estimate of drug-likeness (QED) is 0.931. The Morgan fingerprint density at radius 3 is 2.25 bits per heavy atom. The molecule has 90 valence electrons. The van der Waals surface area contributed by atoms with Crippen molar-refractivity contribution in [1.29, 1.82) is 0 Å². The van der Waals surface area contributed by atoms with Crippen LogP contribution in [0.3, 0.4) is 0 Å². The number of nitrogens with one attached hydrogen (secondary N) is 1. The Balaban J connectivity index is 0.00000128. The van der Waals surface area contributed by atoms with Crippen molar-refractivity contribution < 1.29 is 9.47 Å². The van der Waals surface area contributed by atoms with Crippen LogP contribution in [-0.4, -0.2) is 20.8 Å². The smallest absolute Gasteiger partial charge is 0.161 e. The fourth-order valence-corrected chi connectivity index (χ4v) is 2.29. The van der Waals surface area contributed by atoms with Gasteiger partial charge in [0.05, 0.1) is 14.2 Å². The molecule has 0 spiro atoms. The van der Waals surface area contributed by atoms with Gasteiger partial charge in [-0.15, -0.1) is 12.4 Å². The molecule has 1 N–H and O–H groups in total. The van der Waals surface area contributed by atoms with Crippen LogP contribution in [0.25, 0.3) is 0 Å². The summed E-state index contributed by atoms with van der Waals surface area (Å²) in [6, 6.07) is 4.42. The largest absolute Gasteiger partial charge is 0.493 e. The zero-order chi connectivity index (χ0) is 10.8. The highest BCUT2D eigenvalue weighted by molar-refractivity contribution is 9.10. The van der Waals surface area contributed by atoms with Crippen molar-refractivity contribution in [3.8, 4) is 11.5 Å². The summed E-state index contributed by atoms with van der Waals surface area (Å²) in [5.41, 5.74) is 1.24. The Morgan fingerprint density at radius 1 is 1.25 bits per heavy atom. The van der Waals surface area contributed by atoms with E-state index in [4.69, 9.17) is 9.47 Å². The van der Waals surface area contributed by atoms with Gasteiger partial charge in [-0.25, -0.2) is 0 Å². The maximum absolute atomic E-state index is 5.28. The van der Waals surface area contributed by atoms with Gasteiger partial charge in [-0.2, -0.15) is 0 Å². The van der Waals surface area contributed by atoms with Crippen LogP contribution < -0.4 is 14.8 Å². The molecule has 1 fully saturated rings. The van der Waals surface area contributed by atoms with E-state index in [0.717, 1.165) is 22.5 Å². The van der Waals surface area contributed by atoms with Crippen LogP contribution >= 0.6 is 28.3 Å². The molecule has 1 atom stereocenters. The normalized spacial score (nSPS) is 18.3. The number of rotatable bonds is 3. The molecule has 5 heteroatoms. The van der Waals surface area contributed by atoms with Gasteiger partial charge < -0.3 is 14.8 Å². The van der Waals surface area contributed by atoms with E-state index in [2.05, 4.69) is 21.2 Å². The molecule has 2 rings (SSSR count). The standard InChI is InChI=1S/C11H14BrNO2.ClH/c1-14-10-5-7(9-3-4-13-9)8(12)6-11(10)15-2;/h5-6,9,13H,3-4H2,1-2H3;1H/t9-;/m1./s1. The predicted octanol–water partition coefficient (Wildman–Crippen LogP) is 2.92. The van der Waals surface area contributed by atoms with Gasteiger partial charge in [0.15, 0.2) is 11.5 Å². The van der Waals surface area contributed by atoms with E-state index in [1.54, 1.807) is 14.2 Å². The second-order valence-corrected chi connectivity index (χ2v) is 4.38. The zero-order valence-electron chi connectivity index (χ0n) is 9.25. The van der Waals surface area contributed by atoms with Crippen molar-refractivity contribution in [3.05, 3.63) is 22.2 Å². The third kappa shape index (κ3) is 2.44. The molecule has 0 amide bonds. The van der Waals surface area contributed by atoms with Crippen LogP contribution in [0, 0.1) is 0 Å². The minimum absolute atomic E-state index is 0. The number of ether oxygens (including phenoxy) is 2. The van der Waals surface area contributed by atoms with E-state index in [0.29, 0.717) is 6.04 Å². The Kier molecular flexibility index (Phi) is 4.89. The van der Waals surface area contributed by atoms with E-state index in [1.165, 1.54) is 12.0 Å². The fourth-order valence-electron chi connectivity index (χ4n) is 1.69. The van der Waals surface area contributed by atoms with Crippen LogP contribution in [-0.2, 0) is 0 Å². The summed E-state index contributed by atoms with van der Waals surface area (Å²) in [7, 11) is 3.30. The number of benzene rings is 1. The maximum Gasteiger partial charge on any atom is 0.161 e. The summed E-state index contributed by atoms with van der Waals surface area (Å²) in [4.78, 5) is 0. The van der Waals surface area contributed by atoms with Gasteiger partial charge in [0.1, 0.15) is 0 Å². The fraction of sp³-hybridized carbons (Fsp3) is 0.455. The van der Waals surface area contributed by atoms with Crippen LogP contribution in [0.1, 0.15) is 18.0 Å². The molecule has 1 aliphatic rings. The van der Waals surface area contributed by atoms with E-state index < -0.39 is 0 Å². The van der Waals surface area contributed by atoms with Crippen molar-refractivity contribution in [2.75, 3.05) is 20.8 Å². The highest BCUT2D eigenvalue weighted by atomic mass is 79.9. The second kappa shape index (κ2) is 5.75. The van der Waals surface area contributed by atoms with Gasteiger partial charge in [0.2, 0.25) is 0 Å². The van der Waals surface area contributed by atoms with Crippen molar-refractivity contribution >= 4 is 28.3 Å². The van der Waals surface area contributed by atoms with Crippen molar-refractivity contribution in [2.24, 2.45) is 0 Å². The van der Waals surface area contributed by atoms with Crippen LogP contribution in [0.4, 0.5) is 0 Å². The maximum atomic E-state index is 5.28. The molecule has 3 nitrogen and oxygen atoms in total. The van der Waals surface area contributed by atoms with Gasteiger partial charge in [-0.3, -0.25) is 0 Å². The summed E-state index contributed by atoms with van der Waals surface area (Å²) in [5, 5.41) is 3.37. The predicted molar refractivity (Wildman–Crippen MR) is 69.9 cm³/mol. The molecule has 1 aliphatic heterocycles. The lowest BCUT2D eigenvalue weighted by molar-refractivity contribution is 0.348. The summed E-state index contributed by atoms with van der Waals surface area (Å²) in [6.45, 7) is 1.09. The third-order valence-electron chi connectivity index (χ3n) is 2.70. The average molecular weight is 309 g/mol. The SMILES string of the molecule is COc1cc(Br)c([C@H]2CCN2)cc1OC.Cl. The summed E-state index contributed by atoms with van der Waals surface area (Å²) in [6.07, 6.45) is 1.17. The molecule has 0 bridgehead atoms. The molecule has 0 aromatic heterocycles. The highest BCUT2D eigenvalue weighted by Crippen LogP contribution is 2.38. The van der Waals surface area contributed by atoms with E-state index in [1.807, 2.05) is 12.1 Å². The van der Waals surface area contributed by atoms with Crippen LogP contribution in [0.15, 0.2) is 16.6 Å². The van der Waals surface area contributed by atoms with Crippen molar-refractivity contribution in [2.45, 2.75) is 12.5 Å². The topological polar surface area (TPSA) is 30.5 Å². The number of hydrogen-bond acceptors (Lipinski definition) is 3. The molecular formula is C11H15BrClNO2. The molecule has 1 aromatic rings. The Hall–Kier alpha value is -0.450. The number of hydrogen-bond donors (Lipinski definition) is 1. The lowest BCUT2D eigenvalue weighted by atomic mass is 9.98. The van der Waals surface area contributed by atoms with Gasteiger partial charge in [0.25, 0.3) is 0 Å². The number of halogens is 2. The summed E-state index contributed by atoms with van der Waals surface area (Å²) >= 11 is 3.55. The summed E-state index contributed by atoms with van der Waals surface area (Å²) in [5.74, 6) is 1.54. The van der Waals surface area contributed by atoms with Crippen LogP contribution in [0.2, 0.25) is 0 Å². The molecule has 0 unspecified atom stereocenters. The first kappa shape index (κ1) is 13.6. The zero-order valence-corrected chi connectivity index (χ0v) is 11.7. The molecular weight excluding hydrogens is 293 g/mol. The second-order valence-electron chi connectivity index (χ2n) is 3.52. The lowest BCUT2D eigenvalue weighted by Gasteiger charge is -2.29. The minimum atomic E-state index is 0. The highest BCUT2D eigenvalue weighted by Gasteiger charge is 2.22.